The maximum atomic E-state index is 12.1. The number of benzene rings is 1. The summed E-state index contributed by atoms with van der Waals surface area (Å²) in [6.07, 6.45) is 1.06. The van der Waals surface area contributed by atoms with Crippen LogP contribution in [-0.2, 0) is 13.0 Å². The third-order valence-electron chi connectivity index (χ3n) is 3.86. The first-order chi connectivity index (χ1) is 13.2. The molecule has 1 amide bonds. The van der Waals surface area contributed by atoms with Crippen LogP contribution in [0.15, 0.2) is 41.4 Å². The number of carbonyl (C=O) groups excluding carboxylic acids is 1. The molecule has 0 fully saturated rings. The van der Waals surface area contributed by atoms with Crippen LogP contribution >= 0.6 is 11.3 Å². The van der Waals surface area contributed by atoms with Crippen molar-refractivity contribution < 1.29 is 9.53 Å². The number of thiophene rings is 1. The number of aryl methyl sites for hydroxylation is 1. The molecule has 0 aliphatic heterocycles. The van der Waals surface area contributed by atoms with E-state index in [4.69, 9.17) is 4.74 Å². The van der Waals surface area contributed by atoms with Crippen LogP contribution in [0, 0.1) is 0 Å². The van der Waals surface area contributed by atoms with Crippen LogP contribution in [0.5, 0.6) is 5.75 Å². The summed E-state index contributed by atoms with van der Waals surface area (Å²) in [5.74, 6) is 1.38. The van der Waals surface area contributed by atoms with E-state index in [0.29, 0.717) is 25.2 Å². The predicted molar refractivity (Wildman–Crippen MR) is 112 cm³/mol. The third kappa shape index (κ3) is 6.94. The van der Waals surface area contributed by atoms with Crippen molar-refractivity contribution in [2.24, 2.45) is 4.99 Å². The van der Waals surface area contributed by atoms with Gasteiger partial charge in [0.25, 0.3) is 5.91 Å². The third-order valence-corrected chi connectivity index (χ3v) is 5.07. The SMILES string of the molecule is CCNC(=NCc1ccc(CC)s1)NCCNC(=O)c1ccc(OC)cc1. The van der Waals surface area contributed by atoms with Crippen LogP contribution < -0.4 is 20.7 Å². The van der Waals surface area contributed by atoms with Crippen LogP contribution in [0.3, 0.4) is 0 Å². The van der Waals surface area contributed by atoms with Crippen LogP contribution in [0.25, 0.3) is 0 Å². The zero-order chi connectivity index (χ0) is 19.5. The number of aliphatic imine (C=N–C) groups is 1. The Morgan fingerprint density at radius 1 is 1.00 bits per heavy atom. The summed E-state index contributed by atoms with van der Waals surface area (Å²) >= 11 is 1.80. The van der Waals surface area contributed by atoms with Gasteiger partial charge in [0.15, 0.2) is 5.96 Å². The second-order valence-electron chi connectivity index (χ2n) is 5.83. The second kappa shape index (κ2) is 11.2. The van der Waals surface area contributed by atoms with Gasteiger partial charge in [-0.25, -0.2) is 4.99 Å². The summed E-state index contributed by atoms with van der Waals surface area (Å²) in [7, 11) is 1.60. The van der Waals surface area contributed by atoms with Crippen molar-refractivity contribution >= 4 is 23.2 Å². The minimum absolute atomic E-state index is 0.105. The maximum absolute atomic E-state index is 12.1. The molecule has 27 heavy (non-hydrogen) atoms. The van der Waals surface area contributed by atoms with Gasteiger partial charge in [-0.1, -0.05) is 6.92 Å². The van der Waals surface area contributed by atoms with E-state index in [0.717, 1.165) is 24.7 Å². The fourth-order valence-corrected chi connectivity index (χ4v) is 3.28. The molecule has 0 saturated heterocycles. The molecular formula is C20H28N4O2S. The Labute approximate surface area is 165 Å². The topological polar surface area (TPSA) is 74.8 Å². The van der Waals surface area contributed by atoms with E-state index in [2.05, 4.69) is 40.0 Å². The number of guanidine groups is 1. The lowest BCUT2D eigenvalue weighted by atomic mass is 10.2. The first-order valence-corrected chi connectivity index (χ1v) is 10.00. The highest BCUT2D eigenvalue weighted by Crippen LogP contribution is 2.17. The molecule has 7 heteroatoms. The first-order valence-electron chi connectivity index (χ1n) is 9.18. The number of hydrogen-bond donors (Lipinski definition) is 3. The molecule has 6 nitrogen and oxygen atoms in total. The Hall–Kier alpha value is -2.54. The minimum atomic E-state index is -0.105. The monoisotopic (exact) mass is 388 g/mol. The molecule has 0 aliphatic carbocycles. The van der Waals surface area contributed by atoms with Crippen molar-refractivity contribution in [3.63, 3.8) is 0 Å². The lowest BCUT2D eigenvalue weighted by Gasteiger charge is -2.12. The summed E-state index contributed by atoms with van der Waals surface area (Å²) in [5.41, 5.74) is 0.612. The number of methoxy groups -OCH3 is 1. The molecular weight excluding hydrogens is 360 g/mol. The molecule has 146 valence electrons. The smallest absolute Gasteiger partial charge is 0.251 e. The van der Waals surface area contributed by atoms with E-state index < -0.39 is 0 Å². The molecule has 0 atom stereocenters. The quantitative estimate of drug-likeness (QED) is 0.351. The number of rotatable bonds is 9. The van der Waals surface area contributed by atoms with E-state index >= 15 is 0 Å². The van der Waals surface area contributed by atoms with Crippen molar-refractivity contribution in [1.29, 1.82) is 0 Å². The van der Waals surface area contributed by atoms with Gasteiger partial charge in [-0.15, -0.1) is 11.3 Å². The molecule has 0 radical (unpaired) electrons. The average molecular weight is 389 g/mol. The van der Waals surface area contributed by atoms with Gasteiger partial charge in [-0.2, -0.15) is 0 Å². The number of amides is 1. The van der Waals surface area contributed by atoms with E-state index in [1.165, 1.54) is 9.75 Å². The molecule has 1 aromatic carbocycles. The van der Waals surface area contributed by atoms with Crippen molar-refractivity contribution in [2.75, 3.05) is 26.7 Å². The zero-order valence-electron chi connectivity index (χ0n) is 16.2. The molecule has 1 heterocycles. The standard InChI is InChI=1S/C20H28N4O2S/c1-4-17-10-11-18(27-17)14-24-20(21-5-2)23-13-12-22-19(25)15-6-8-16(26-3)9-7-15/h6-11H,4-5,12-14H2,1-3H3,(H,22,25)(H2,21,23,24). The molecule has 0 spiro atoms. The van der Waals surface area contributed by atoms with Crippen molar-refractivity contribution in [3.8, 4) is 5.75 Å². The number of nitrogens with zero attached hydrogens (tertiary/aromatic N) is 1. The summed E-state index contributed by atoms with van der Waals surface area (Å²) in [6, 6.07) is 11.3. The highest BCUT2D eigenvalue weighted by Gasteiger charge is 2.05. The Morgan fingerprint density at radius 2 is 1.70 bits per heavy atom. The van der Waals surface area contributed by atoms with Crippen LogP contribution in [-0.4, -0.2) is 38.6 Å². The highest BCUT2D eigenvalue weighted by atomic mass is 32.1. The molecule has 3 N–H and O–H groups in total. The Balaban J connectivity index is 1.77. The maximum Gasteiger partial charge on any atom is 0.251 e. The van der Waals surface area contributed by atoms with Gasteiger partial charge in [-0.05, 0) is 49.7 Å². The lowest BCUT2D eigenvalue weighted by Crippen LogP contribution is -2.41. The van der Waals surface area contributed by atoms with E-state index in [1.54, 1.807) is 42.7 Å². The summed E-state index contributed by atoms with van der Waals surface area (Å²) in [4.78, 5) is 19.4. The Kier molecular flexibility index (Phi) is 8.64. The molecule has 1 aromatic heterocycles. The molecule has 2 rings (SSSR count). The molecule has 0 unspecified atom stereocenters. The molecule has 2 aromatic rings. The van der Waals surface area contributed by atoms with Crippen LogP contribution in [0.2, 0.25) is 0 Å². The average Bonchev–Trinajstić information content (AvgIpc) is 3.17. The Bertz CT molecular complexity index is 741. The van der Waals surface area contributed by atoms with Gasteiger partial charge >= 0.3 is 0 Å². The van der Waals surface area contributed by atoms with Crippen molar-refractivity contribution in [3.05, 3.63) is 51.7 Å². The van der Waals surface area contributed by atoms with Crippen molar-refractivity contribution in [2.45, 2.75) is 26.8 Å². The van der Waals surface area contributed by atoms with E-state index in [-0.39, 0.29) is 5.91 Å². The largest absolute Gasteiger partial charge is 0.497 e. The fourth-order valence-electron chi connectivity index (χ4n) is 2.40. The Morgan fingerprint density at radius 3 is 2.33 bits per heavy atom. The second-order valence-corrected chi connectivity index (χ2v) is 7.08. The normalized spacial score (nSPS) is 11.1. The number of nitrogens with one attached hydrogen (secondary N) is 3. The van der Waals surface area contributed by atoms with Crippen molar-refractivity contribution in [1.82, 2.24) is 16.0 Å². The lowest BCUT2D eigenvalue weighted by molar-refractivity contribution is 0.0954. The summed E-state index contributed by atoms with van der Waals surface area (Å²) < 4.78 is 5.10. The van der Waals surface area contributed by atoms with Crippen LogP contribution in [0.1, 0.15) is 34.0 Å². The van der Waals surface area contributed by atoms with Gasteiger partial charge < -0.3 is 20.7 Å². The summed E-state index contributed by atoms with van der Waals surface area (Å²) in [5, 5.41) is 9.36. The van der Waals surface area contributed by atoms with Gasteiger partial charge in [0, 0.05) is 35.0 Å². The van der Waals surface area contributed by atoms with E-state index in [1.807, 2.05) is 6.92 Å². The molecule has 0 bridgehead atoms. The fraction of sp³-hybridized carbons (Fsp3) is 0.400. The summed E-state index contributed by atoms with van der Waals surface area (Å²) in [6.45, 7) is 6.73. The number of hydrogen-bond acceptors (Lipinski definition) is 4. The first kappa shape index (κ1) is 20.8. The minimum Gasteiger partial charge on any atom is -0.497 e. The predicted octanol–water partition coefficient (Wildman–Crippen LogP) is 2.80. The number of carbonyl (C=O) groups is 1. The molecule has 0 saturated carbocycles. The molecule has 0 aliphatic rings. The van der Waals surface area contributed by atoms with Gasteiger partial charge in [0.1, 0.15) is 5.75 Å². The van der Waals surface area contributed by atoms with Gasteiger partial charge in [0.05, 0.1) is 13.7 Å². The van der Waals surface area contributed by atoms with E-state index in [9.17, 15) is 4.79 Å². The van der Waals surface area contributed by atoms with Gasteiger partial charge in [0.2, 0.25) is 0 Å². The zero-order valence-corrected chi connectivity index (χ0v) is 17.0. The number of ether oxygens (including phenoxy) is 1. The highest BCUT2D eigenvalue weighted by molar-refractivity contribution is 7.11. The van der Waals surface area contributed by atoms with Crippen LogP contribution in [0.4, 0.5) is 0 Å². The van der Waals surface area contributed by atoms with Gasteiger partial charge in [-0.3, -0.25) is 4.79 Å².